The standard InChI is InChI=1S/C29H33ClN7O11PS/c1-29(40)24(38)21(47-28(29)37-15-33-23-25(31-14-32-26(23)37)36(2)35-50(4,42)43)13-46-49(41,48-17-10-8-16(30)9-11-17)34-22-18-6-5-7-20(44-3)19(18)12-45-27(22)39/h5-11,14-15,21-22,24,28,35,38,40H,12-13H2,1-4H3,(H,34,41)/t21?,22?,24-,28?,29-,49?/m1/s1. The van der Waals surface area contributed by atoms with Gasteiger partial charge in [-0.05, 0) is 42.8 Å². The Morgan fingerprint density at radius 2 is 1.94 bits per heavy atom. The van der Waals surface area contributed by atoms with Crippen LogP contribution in [0.15, 0.2) is 55.1 Å². The average molecular weight is 754 g/mol. The van der Waals surface area contributed by atoms with Gasteiger partial charge in [0.15, 0.2) is 23.2 Å². The molecule has 50 heavy (non-hydrogen) atoms. The number of carbonyl (C=O) groups excluding carboxylic acids is 1. The quantitative estimate of drug-likeness (QED) is 0.0922. The first-order valence-corrected chi connectivity index (χ1v) is 18.7. The molecular formula is C29H33ClN7O11PS. The molecule has 2 aliphatic heterocycles. The van der Waals surface area contributed by atoms with Gasteiger partial charge in [0.2, 0.25) is 10.0 Å². The second-order valence-electron chi connectivity index (χ2n) is 11.7. The van der Waals surface area contributed by atoms with E-state index in [1.165, 1.54) is 56.2 Å². The number of rotatable bonds is 12. The number of methoxy groups -OCH3 is 1. The summed E-state index contributed by atoms with van der Waals surface area (Å²) in [6.07, 6.45) is -0.823. The third-order valence-corrected chi connectivity index (χ3v) is 10.4. The largest absolute Gasteiger partial charge is 0.496 e. The Morgan fingerprint density at radius 3 is 2.64 bits per heavy atom. The highest BCUT2D eigenvalue weighted by Crippen LogP contribution is 2.50. The van der Waals surface area contributed by atoms with E-state index in [9.17, 15) is 28.0 Å². The normalized spacial score (nSPS) is 24.7. The van der Waals surface area contributed by atoms with E-state index >= 15 is 0 Å². The van der Waals surface area contributed by atoms with Gasteiger partial charge in [-0.2, -0.15) is 5.09 Å². The van der Waals surface area contributed by atoms with Crippen molar-refractivity contribution in [3.8, 4) is 11.5 Å². The summed E-state index contributed by atoms with van der Waals surface area (Å²) in [6, 6.07) is 9.59. The summed E-state index contributed by atoms with van der Waals surface area (Å²) < 4.78 is 67.8. The van der Waals surface area contributed by atoms with Crippen molar-refractivity contribution in [3.05, 3.63) is 71.3 Å². The molecule has 4 N–H and O–H groups in total. The summed E-state index contributed by atoms with van der Waals surface area (Å²) in [5.41, 5.74) is -0.715. The van der Waals surface area contributed by atoms with E-state index in [-0.39, 0.29) is 29.3 Å². The predicted molar refractivity (Wildman–Crippen MR) is 177 cm³/mol. The third kappa shape index (κ3) is 7.14. The Hall–Kier alpha value is -3.91. The molecule has 0 aliphatic carbocycles. The van der Waals surface area contributed by atoms with Crippen LogP contribution in [-0.2, 0) is 40.0 Å². The van der Waals surface area contributed by atoms with Crippen molar-refractivity contribution in [1.29, 1.82) is 0 Å². The highest BCUT2D eigenvalue weighted by molar-refractivity contribution is 7.88. The number of anilines is 1. The van der Waals surface area contributed by atoms with Gasteiger partial charge in [0, 0.05) is 17.6 Å². The van der Waals surface area contributed by atoms with Crippen molar-refractivity contribution in [3.63, 3.8) is 0 Å². The van der Waals surface area contributed by atoms with Crippen LogP contribution in [0.5, 0.6) is 11.5 Å². The van der Waals surface area contributed by atoms with Gasteiger partial charge in [-0.15, -0.1) is 4.83 Å². The van der Waals surface area contributed by atoms with Crippen LogP contribution in [0, 0.1) is 0 Å². The monoisotopic (exact) mass is 753 g/mol. The Bertz CT molecular complexity index is 2070. The van der Waals surface area contributed by atoms with Crippen molar-refractivity contribution in [2.75, 3.05) is 32.0 Å². The molecule has 0 saturated carbocycles. The van der Waals surface area contributed by atoms with Crippen LogP contribution in [0.3, 0.4) is 0 Å². The third-order valence-electron chi connectivity index (χ3n) is 8.00. The number of hydrazine groups is 1. The lowest BCUT2D eigenvalue weighted by Crippen LogP contribution is -2.44. The summed E-state index contributed by atoms with van der Waals surface area (Å²) in [7, 11) is -5.30. The van der Waals surface area contributed by atoms with E-state index in [2.05, 4.69) is 24.9 Å². The highest BCUT2D eigenvalue weighted by atomic mass is 35.5. The number of ether oxygens (including phenoxy) is 3. The number of carbonyl (C=O) groups is 1. The van der Waals surface area contributed by atoms with Gasteiger partial charge in [0.25, 0.3) is 0 Å². The lowest BCUT2D eigenvalue weighted by Gasteiger charge is -2.30. The number of nitrogens with zero attached hydrogens (tertiary/aromatic N) is 5. The highest BCUT2D eigenvalue weighted by Gasteiger charge is 2.54. The van der Waals surface area contributed by atoms with Gasteiger partial charge in [-0.3, -0.25) is 14.1 Å². The van der Waals surface area contributed by atoms with E-state index in [4.69, 9.17) is 34.9 Å². The van der Waals surface area contributed by atoms with Crippen LogP contribution in [0.4, 0.5) is 5.82 Å². The number of fused-ring (bicyclic) bond motifs is 2. The van der Waals surface area contributed by atoms with E-state index in [0.717, 1.165) is 17.6 Å². The molecule has 6 atom stereocenters. The van der Waals surface area contributed by atoms with Crippen molar-refractivity contribution in [2.45, 2.75) is 43.6 Å². The maximum atomic E-state index is 14.4. The zero-order valence-corrected chi connectivity index (χ0v) is 29.4. The summed E-state index contributed by atoms with van der Waals surface area (Å²) in [5.74, 6) is -0.118. The molecule has 0 spiro atoms. The number of cyclic esters (lactones) is 1. The van der Waals surface area contributed by atoms with E-state index < -0.39 is 60.4 Å². The molecule has 1 saturated heterocycles. The number of aliphatic hydroxyl groups excluding tert-OH is 1. The number of aromatic nitrogens is 4. The maximum absolute atomic E-state index is 14.4. The van der Waals surface area contributed by atoms with Gasteiger partial charge in [0.05, 0.1) is 26.3 Å². The zero-order valence-electron chi connectivity index (χ0n) is 27.0. The van der Waals surface area contributed by atoms with Gasteiger partial charge >= 0.3 is 13.7 Å². The molecule has 0 amide bonds. The van der Waals surface area contributed by atoms with Crippen molar-refractivity contribution < 1.29 is 51.2 Å². The first-order chi connectivity index (χ1) is 23.6. The molecule has 0 bridgehead atoms. The molecule has 4 aromatic rings. The minimum atomic E-state index is -4.52. The van der Waals surface area contributed by atoms with Crippen LogP contribution >= 0.6 is 19.3 Å². The molecule has 21 heteroatoms. The van der Waals surface area contributed by atoms with Crippen molar-refractivity contribution in [1.82, 2.24) is 29.4 Å². The fourth-order valence-corrected chi connectivity index (χ4v) is 7.85. The van der Waals surface area contributed by atoms with E-state index in [0.29, 0.717) is 21.9 Å². The molecule has 4 unspecified atom stereocenters. The fraction of sp³-hybridized carbons (Fsp3) is 0.379. The van der Waals surface area contributed by atoms with Gasteiger partial charge in [-0.25, -0.2) is 32.7 Å². The Balaban J connectivity index is 1.27. The molecule has 0 radical (unpaired) electrons. The van der Waals surface area contributed by atoms with Crippen LogP contribution in [-0.4, -0.2) is 88.9 Å². The summed E-state index contributed by atoms with van der Waals surface area (Å²) in [4.78, 5) is 27.9. The number of hydrogen-bond donors (Lipinski definition) is 4. The molecule has 2 aliphatic rings. The number of nitrogens with one attached hydrogen (secondary N) is 2. The Morgan fingerprint density at radius 1 is 1.20 bits per heavy atom. The predicted octanol–water partition coefficient (Wildman–Crippen LogP) is 1.99. The number of aliphatic hydroxyl groups is 2. The molecule has 6 rings (SSSR count). The van der Waals surface area contributed by atoms with Gasteiger partial charge in [0.1, 0.15) is 48.3 Å². The van der Waals surface area contributed by atoms with Crippen LogP contribution in [0.1, 0.15) is 30.3 Å². The van der Waals surface area contributed by atoms with Crippen LogP contribution in [0.2, 0.25) is 5.02 Å². The molecule has 2 aromatic carbocycles. The second-order valence-corrected chi connectivity index (χ2v) is 15.5. The summed E-state index contributed by atoms with van der Waals surface area (Å²) in [5, 5.41) is 26.9. The molecule has 268 valence electrons. The Kier molecular flexibility index (Phi) is 9.81. The second kappa shape index (κ2) is 13.7. The molecular weight excluding hydrogens is 721 g/mol. The lowest BCUT2D eigenvalue weighted by molar-refractivity contribution is -0.149. The number of esters is 1. The first kappa shape index (κ1) is 35.9. The van der Waals surface area contributed by atoms with Crippen molar-refractivity contribution in [2.24, 2.45) is 0 Å². The van der Waals surface area contributed by atoms with E-state index in [1.54, 1.807) is 18.2 Å². The molecule has 18 nitrogen and oxygen atoms in total. The summed E-state index contributed by atoms with van der Waals surface area (Å²) in [6.45, 7) is 0.641. The van der Waals surface area contributed by atoms with Gasteiger partial charge < -0.3 is 28.9 Å². The SMILES string of the molecule is COc1cccc2c1COC(=O)C2NP(=O)(OCC1OC(n2cnc3c(N(C)NS(C)(=O)=O)ncnc32)[C@](C)(O)[C@@H]1O)Oc1ccc(Cl)cc1. The average Bonchev–Trinajstić information content (AvgIpc) is 3.58. The van der Waals surface area contributed by atoms with E-state index in [1.807, 2.05) is 0 Å². The zero-order chi connectivity index (χ0) is 36.0. The summed E-state index contributed by atoms with van der Waals surface area (Å²) >= 11 is 6.02. The topological polar surface area (TPSA) is 226 Å². The number of imidazole rings is 1. The smallest absolute Gasteiger partial charge is 0.459 e. The first-order valence-electron chi connectivity index (χ1n) is 14.8. The number of hydrogen-bond acceptors (Lipinski definition) is 15. The fourth-order valence-electron chi connectivity index (χ4n) is 5.65. The number of sulfonamides is 1. The molecule has 1 fully saturated rings. The number of benzene rings is 2. The Labute approximate surface area is 290 Å². The minimum absolute atomic E-state index is 0.0714. The van der Waals surface area contributed by atoms with Gasteiger partial charge in [-0.1, -0.05) is 23.7 Å². The lowest BCUT2D eigenvalue weighted by atomic mass is 9.96. The van der Waals surface area contributed by atoms with Crippen LogP contribution in [0.25, 0.3) is 11.2 Å². The molecule has 2 aromatic heterocycles. The van der Waals surface area contributed by atoms with Crippen molar-refractivity contribution >= 4 is 52.3 Å². The number of halogens is 1. The molecule has 4 heterocycles. The maximum Gasteiger partial charge on any atom is 0.459 e. The van der Waals surface area contributed by atoms with Crippen LogP contribution < -0.4 is 24.2 Å². The minimum Gasteiger partial charge on any atom is -0.496 e.